The van der Waals surface area contributed by atoms with Gasteiger partial charge in [-0.15, -0.1) is 11.3 Å². The number of thiocarbonyl (C=S) groups is 1. The minimum Gasteiger partial charge on any atom is -0.297 e. The summed E-state index contributed by atoms with van der Waals surface area (Å²) in [6, 6.07) is 1.97. The Morgan fingerprint density at radius 1 is 1.50 bits per heavy atom. The molecule has 0 bridgehead atoms. The molecule has 1 aliphatic rings. The smallest absolute Gasteiger partial charge is 0.160 e. The molecular formula is C11H8OS2. The standard InChI is InChI=1S/C11H8OS2/c12-7-11-10(4-5-14-11)8-2-1-3-9(13)6-8/h1-5,7H,6H2. The van der Waals surface area contributed by atoms with Crippen molar-refractivity contribution in [2.45, 2.75) is 6.42 Å². The molecule has 3 heteroatoms. The molecular weight excluding hydrogens is 212 g/mol. The van der Waals surface area contributed by atoms with E-state index >= 15 is 0 Å². The first kappa shape index (κ1) is 9.49. The highest BCUT2D eigenvalue weighted by molar-refractivity contribution is 7.80. The molecule has 0 aliphatic heterocycles. The number of aldehydes is 1. The molecule has 0 spiro atoms. The molecule has 1 aliphatic carbocycles. The predicted octanol–water partition coefficient (Wildman–Crippen LogP) is 3.27. The molecule has 14 heavy (non-hydrogen) atoms. The topological polar surface area (TPSA) is 17.1 Å². The van der Waals surface area contributed by atoms with Gasteiger partial charge in [-0.3, -0.25) is 4.79 Å². The Bertz CT molecular complexity index is 438. The minimum absolute atomic E-state index is 0.767. The van der Waals surface area contributed by atoms with Gasteiger partial charge < -0.3 is 0 Å². The van der Waals surface area contributed by atoms with E-state index < -0.39 is 0 Å². The summed E-state index contributed by atoms with van der Waals surface area (Å²) in [6.07, 6.45) is 7.55. The van der Waals surface area contributed by atoms with Crippen molar-refractivity contribution in [1.82, 2.24) is 0 Å². The minimum atomic E-state index is 0.767. The number of thiophene rings is 1. The van der Waals surface area contributed by atoms with E-state index in [2.05, 4.69) is 0 Å². The fourth-order valence-electron chi connectivity index (χ4n) is 1.44. The monoisotopic (exact) mass is 220 g/mol. The summed E-state index contributed by atoms with van der Waals surface area (Å²) in [5.41, 5.74) is 2.16. The zero-order valence-electron chi connectivity index (χ0n) is 7.40. The second-order valence-electron chi connectivity index (χ2n) is 3.01. The van der Waals surface area contributed by atoms with Gasteiger partial charge in [0.15, 0.2) is 6.29 Å². The van der Waals surface area contributed by atoms with E-state index in [0.717, 1.165) is 33.6 Å². The molecule has 0 atom stereocenters. The third-order valence-corrected chi connectivity index (χ3v) is 3.22. The van der Waals surface area contributed by atoms with Crippen LogP contribution in [0.5, 0.6) is 0 Å². The van der Waals surface area contributed by atoms with Crippen molar-refractivity contribution in [2.24, 2.45) is 0 Å². The van der Waals surface area contributed by atoms with Gasteiger partial charge in [-0.25, -0.2) is 0 Å². The highest BCUT2D eigenvalue weighted by atomic mass is 32.1. The predicted molar refractivity (Wildman–Crippen MR) is 64.0 cm³/mol. The Balaban J connectivity index is 2.40. The lowest BCUT2D eigenvalue weighted by molar-refractivity contribution is 0.112. The van der Waals surface area contributed by atoms with Crippen molar-refractivity contribution in [3.05, 3.63) is 40.1 Å². The van der Waals surface area contributed by atoms with Crippen LogP contribution in [-0.4, -0.2) is 11.2 Å². The molecule has 0 aromatic carbocycles. The van der Waals surface area contributed by atoms with Crippen LogP contribution in [0.25, 0.3) is 5.57 Å². The number of rotatable bonds is 2. The largest absolute Gasteiger partial charge is 0.297 e. The molecule has 0 N–H and O–H groups in total. The SMILES string of the molecule is O=Cc1sccc1C1=CC=CC(=S)C1. The van der Waals surface area contributed by atoms with Gasteiger partial charge >= 0.3 is 0 Å². The zero-order valence-corrected chi connectivity index (χ0v) is 9.03. The molecule has 1 aromatic heterocycles. The molecule has 0 saturated heterocycles. The lowest BCUT2D eigenvalue weighted by Crippen LogP contribution is -1.97. The highest BCUT2D eigenvalue weighted by Crippen LogP contribution is 2.27. The maximum absolute atomic E-state index is 10.7. The van der Waals surface area contributed by atoms with E-state index in [1.54, 1.807) is 0 Å². The fourth-order valence-corrected chi connectivity index (χ4v) is 2.41. The number of carbonyl (C=O) groups is 1. The van der Waals surface area contributed by atoms with Crippen LogP contribution in [0, 0.1) is 0 Å². The Hall–Kier alpha value is -1.06. The van der Waals surface area contributed by atoms with E-state index in [0.29, 0.717) is 0 Å². The highest BCUT2D eigenvalue weighted by Gasteiger charge is 2.11. The van der Waals surface area contributed by atoms with Gasteiger partial charge in [0, 0.05) is 11.3 Å². The van der Waals surface area contributed by atoms with Gasteiger partial charge in [0.25, 0.3) is 0 Å². The summed E-state index contributed by atoms with van der Waals surface area (Å²) in [5.74, 6) is 0. The van der Waals surface area contributed by atoms with Crippen molar-refractivity contribution < 1.29 is 4.79 Å². The average molecular weight is 220 g/mol. The van der Waals surface area contributed by atoms with Crippen LogP contribution in [-0.2, 0) is 0 Å². The summed E-state index contributed by atoms with van der Waals surface area (Å²) in [6.45, 7) is 0. The van der Waals surface area contributed by atoms with Gasteiger partial charge in [-0.05, 0) is 28.7 Å². The average Bonchev–Trinajstić information content (AvgIpc) is 2.65. The zero-order chi connectivity index (χ0) is 9.97. The lowest BCUT2D eigenvalue weighted by atomic mass is 9.98. The van der Waals surface area contributed by atoms with Crippen molar-refractivity contribution in [3.63, 3.8) is 0 Å². The molecule has 0 amide bonds. The van der Waals surface area contributed by atoms with Crippen molar-refractivity contribution in [3.8, 4) is 0 Å². The second kappa shape index (κ2) is 3.98. The molecule has 1 nitrogen and oxygen atoms in total. The van der Waals surface area contributed by atoms with Crippen molar-refractivity contribution in [1.29, 1.82) is 0 Å². The first-order chi connectivity index (χ1) is 6.81. The number of hydrogen-bond donors (Lipinski definition) is 0. The third-order valence-electron chi connectivity index (χ3n) is 2.09. The van der Waals surface area contributed by atoms with Crippen LogP contribution < -0.4 is 0 Å². The summed E-state index contributed by atoms with van der Waals surface area (Å²) < 4.78 is 0. The second-order valence-corrected chi connectivity index (χ2v) is 4.48. The maximum atomic E-state index is 10.7. The van der Waals surface area contributed by atoms with Crippen molar-refractivity contribution >= 4 is 40.3 Å². The summed E-state index contributed by atoms with van der Waals surface area (Å²) in [7, 11) is 0. The molecule has 0 radical (unpaired) electrons. The van der Waals surface area contributed by atoms with Crippen LogP contribution in [0.2, 0.25) is 0 Å². The van der Waals surface area contributed by atoms with E-state index in [-0.39, 0.29) is 0 Å². The molecule has 0 saturated carbocycles. The lowest BCUT2D eigenvalue weighted by Gasteiger charge is -2.08. The Morgan fingerprint density at radius 3 is 3.07 bits per heavy atom. The number of hydrogen-bond acceptors (Lipinski definition) is 3. The molecule has 0 fully saturated rings. The van der Waals surface area contributed by atoms with E-state index in [9.17, 15) is 4.79 Å². The summed E-state index contributed by atoms with van der Waals surface area (Å²) >= 11 is 6.59. The van der Waals surface area contributed by atoms with Crippen LogP contribution in [0.4, 0.5) is 0 Å². The van der Waals surface area contributed by atoms with Crippen molar-refractivity contribution in [2.75, 3.05) is 0 Å². The van der Waals surface area contributed by atoms with E-state index in [1.165, 1.54) is 11.3 Å². The normalized spacial score (nSPS) is 15.4. The Labute approximate surface area is 91.8 Å². The van der Waals surface area contributed by atoms with Crippen LogP contribution in [0.3, 0.4) is 0 Å². The first-order valence-electron chi connectivity index (χ1n) is 4.24. The summed E-state index contributed by atoms with van der Waals surface area (Å²) in [4.78, 5) is 12.5. The number of allylic oxidation sites excluding steroid dienone is 4. The van der Waals surface area contributed by atoms with Crippen LogP contribution in [0.15, 0.2) is 29.7 Å². The van der Waals surface area contributed by atoms with Gasteiger partial charge in [0.2, 0.25) is 0 Å². The quantitative estimate of drug-likeness (QED) is 0.562. The van der Waals surface area contributed by atoms with E-state index in [4.69, 9.17) is 12.2 Å². The molecule has 70 valence electrons. The third kappa shape index (κ3) is 1.74. The summed E-state index contributed by atoms with van der Waals surface area (Å²) in [5, 5.41) is 1.93. The van der Waals surface area contributed by atoms with E-state index in [1.807, 2.05) is 29.7 Å². The maximum Gasteiger partial charge on any atom is 0.160 e. The molecule has 2 rings (SSSR count). The van der Waals surface area contributed by atoms with Crippen LogP contribution in [0.1, 0.15) is 21.7 Å². The van der Waals surface area contributed by atoms with Gasteiger partial charge in [-0.1, -0.05) is 24.4 Å². The molecule has 0 unspecified atom stereocenters. The molecule has 1 heterocycles. The number of carbonyl (C=O) groups excluding carboxylic acids is 1. The van der Waals surface area contributed by atoms with Gasteiger partial charge in [-0.2, -0.15) is 0 Å². The van der Waals surface area contributed by atoms with Gasteiger partial charge in [0.05, 0.1) is 4.88 Å². The first-order valence-corrected chi connectivity index (χ1v) is 5.53. The Morgan fingerprint density at radius 2 is 2.36 bits per heavy atom. The van der Waals surface area contributed by atoms with Gasteiger partial charge in [0.1, 0.15) is 0 Å². The fraction of sp³-hybridized carbons (Fsp3) is 0.0909. The molecule has 1 aromatic rings. The Kier molecular flexibility index (Phi) is 2.70. The van der Waals surface area contributed by atoms with Crippen LogP contribution >= 0.6 is 23.6 Å².